The first-order chi connectivity index (χ1) is 7.33. The van der Waals surface area contributed by atoms with Crippen LogP contribution in [0, 0.1) is 16.2 Å². The van der Waals surface area contributed by atoms with Crippen molar-refractivity contribution in [1.29, 1.82) is 0 Å². The van der Waals surface area contributed by atoms with Gasteiger partial charge in [0.1, 0.15) is 5.75 Å². The summed E-state index contributed by atoms with van der Waals surface area (Å²) < 4.78 is 52.0. The summed E-state index contributed by atoms with van der Waals surface area (Å²) in [5, 5.41) is 10.2. The quantitative estimate of drug-likeness (QED) is 0.460. The molecule has 0 aliphatic heterocycles. The van der Waals surface area contributed by atoms with E-state index in [2.05, 4.69) is 10.8 Å². The van der Waals surface area contributed by atoms with Crippen molar-refractivity contribution in [3.63, 3.8) is 0 Å². The molecular formula is C8H4F4NO3. The van der Waals surface area contributed by atoms with Gasteiger partial charge in [0, 0.05) is 0 Å². The number of halogens is 4. The zero-order valence-corrected chi connectivity index (χ0v) is 7.49. The van der Waals surface area contributed by atoms with E-state index in [1.807, 2.05) is 0 Å². The molecule has 0 saturated heterocycles. The summed E-state index contributed by atoms with van der Waals surface area (Å²) in [6.45, 7) is 0. The van der Waals surface area contributed by atoms with Gasteiger partial charge in [-0.05, 0) is 12.1 Å². The van der Waals surface area contributed by atoms with E-state index >= 15 is 0 Å². The molecule has 0 saturated carbocycles. The summed E-state index contributed by atoms with van der Waals surface area (Å²) >= 11 is 0. The van der Waals surface area contributed by atoms with Crippen LogP contribution in [0.5, 0.6) is 5.75 Å². The molecular weight excluding hydrogens is 234 g/mol. The fourth-order valence-corrected chi connectivity index (χ4v) is 0.804. The molecule has 0 aliphatic rings. The second-order valence-electron chi connectivity index (χ2n) is 2.63. The molecule has 0 heterocycles. The van der Waals surface area contributed by atoms with Crippen LogP contribution in [0.3, 0.4) is 0 Å². The van der Waals surface area contributed by atoms with Gasteiger partial charge >= 0.3 is 12.5 Å². The highest BCUT2D eigenvalue weighted by atomic mass is 19.3. The van der Waals surface area contributed by atoms with Crippen molar-refractivity contribution in [3.05, 3.63) is 34.4 Å². The lowest BCUT2D eigenvalue weighted by Crippen LogP contribution is -2.33. The standard InChI is InChI=1S/C8H4F4NO3/c9-7(10)8(11,12)16-6-3-1-2-5(4-6)13(14)15/h1,3-4,7H. The summed E-state index contributed by atoms with van der Waals surface area (Å²) in [6, 6.07) is 4.48. The van der Waals surface area contributed by atoms with Crippen molar-refractivity contribution >= 4 is 5.69 Å². The third-order valence-electron chi connectivity index (χ3n) is 1.46. The van der Waals surface area contributed by atoms with E-state index in [1.54, 1.807) is 0 Å². The Balaban J connectivity index is 2.90. The molecule has 8 heteroatoms. The normalized spacial score (nSPS) is 11.6. The molecule has 4 nitrogen and oxygen atoms in total. The molecule has 0 atom stereocenters. The number of nitro groups is 1. The van der Waals surface area contributed by atoms with E-state index in [0.29, 0.717) is 6.07 Å². The van der Waals surface area contributed by atoms with Gasteiger partial charge in [0.25, 0.3) is 5.69 Å². The summed E-state index contributed by atoms with van der Waals surface area (Å²) in [4.78, 5) is 9.33. The Morgan fingerprint density at radius 1 is 1.50 bits per heavy atom. The Morgan fingerprint density at radius 2 is 2.12 bits per heavy atom. The van der Waals surface area contributed by atoms with Gasteiger partial charge in [0.2, 0.25) is 0 Å². The summed E-state index contributed by atoms with van der Waals surface area (Å²) in [6.07, 6.45) is -8.70. The minimum absolute atomic E-state index is 0.580. The highest BCUT2D eigenvalue weighted by Crippen LogP contribution is 2.28. The Bertz CT molecular complexity index is 397. The fourth-order valence-electron chi connectivity index (χ4n) is 0.804. The number of alkyl halides is 4. The lowest BCUT2D eigenvalue weighted by atomic mass is 10.3. The largest absolute Gasteiger partial charge is 0.461 e. The van der Waals surface area contributed by atoms with Crippen LogP contribution in [-0.4, -0.2) is 17.5 Å². The van der Waals surface area contributed by atoms with Gasteiger partial charge in [-0.2, -0.15) is 17.6 Å². The van der Waals surface area contributed by atoms with Gasteiger partial charge in [-0.1, -0.05) is 0 Å². The third kappa shape index (κ3) is 2.81. The summed E-state index contributed by atoms with van der Waals surface area (Å²) in [5.74, 6) is -0.726. The fraction of sp³-hybridized carbons (Fsp3) is 0.250. The summed E-state index contributed by atoms with van der Waals surface area (Å²) in [5.41, 5.74) is -0.650. The van der Waals surface area contributed by atoms with E-state index in [0.717, 1.165) is 12.1 Å². The average Bonchev–Trinajstić information content (AvgIpc) is 2.17. The van der Waals surface area contributed by atoms with E-state index in [-0.39, 0.29) is 0 Å². The van der Waals surface area contributed by atoms with Crippen LogP contribution < -0.4 is 4.74 Å². The third-order valence-corrected chi connectivity index (χ3v) is 1.46. The zero-order valence-electron chi connectivity index (χ0n) is 7.49. The van der Waals surface area contributed by atoms with Crippen molar-refractivity contribution in [1.82, 2.24) is 0 Å². The number of benzene rings is 1. The molecule has 0 aliphatic carbocycles. The van der Waals surface area contributed by atoms with Gasteiger partial charge in [0.15, 0.2) is 0 Å². The maximum absolute atomic E-state index is 12.4. The molecule has 0 bridgehead atoms. The molecule has 1 aromatic rings. The SMILES string of the molecule is O=[N+]([O-])c1[c]ccc(OC(F)(F)C(F)F)c1. The van der Waals surface area contributed by atoms with Crippen molar-refractivity contribution in [2.24, 2.45) is 0 Å². The first-order valence-corrected chi connectivity index (χ1v) is 3.84. The van der Waals surface area contributed by atoms with E-state index in [9.17, 15) is 27.7 Å². The Kier molecular flexibility index (Phi) is 3.31. The number of hydrogen-bond acceptors (Lipinski definition) is 3. The molecule has 1 aromatic carbocycles. The van der Waals surface area contributed by atoms with Crippen molar-refractivity contribution in [2.45, 2.75) is 12.5 Å². The Morgan fingerprint density at radius 3 is 2.62 bits per heavy atom. The number of ether oxygens (including phenoxy) is 1. The lowest BCUT2D eigenvalue weighted by Gasteiger charge is -2.16. The minimum atomic E-state index is -4.69. The minimum Gasteiger partial charge on any atom is -0.428 e. The number of hydrogen-bond donors (Lipinski definition) is 0. The monoisotopic (exact) mass is 238 g/mol. The van der Waals surface area contributed by atoms with Crippen LogP contribution >= 0.6 is 0 Å². The molecule has 0 unspecified atom stereocenters. The molecule has 1 radical (unpaired) electrons. The van der Waals surface area contributed by atoms with E-state index < -0.39 is 28.9 Å². The van der Waals surface area contributed by atoms with Crippen LogP contribution in [0.15, 0.2) is 18.2 Å². The van der Waals surface area contributed by atoms with Crippen LogP contribution in [0.1, 0.15) is 0 Å². The molecule has 87 valence electrons. The van der Waals surface area contributed by atoms with Crippen LogP contribution in [0.25, 0.3) is 0 Å². The highest BCUT2D eigenvalue weighted by molar-refractivity contribution is 5.37. The first kappa shape index (κ1) is 12.2. The van der Waals surface area contributed by atoms with Gasteiger partial charge in [-0.3, -0.25) is 10.1 Å². The maximum atomic E-state index is 12.4. The van der Waals surface area contributed by atoms with E-state index in [4.69, 9.17) is 0 Å². The smallest absolute Gasteiger partial charge is 0.428 e. The van der Waals surface area contributed by atoms with Crippen molar-refractivity contribution < 1.29 is 27.2 Å². The first-order valence-electron chi connectivity index (χ1n) is 3.84. The molecule has 0 spiro atoms. The van der Waals surface area contributed by atoms with Gasteiger partial charge in [0.05, 0.1) is 17.1 Å². The van der Waals surface area contributed by atoms with Crippen LogP contribution in [-0.2, 0) is 0 Å². The van der Waals surface area contributed by atoms with Gasteiger partial charge in [-0.25, -0.2) is 0 Å². The van der Waals surface area contributed by atoms with Crippen molar-refractivity contribution in [2.75, 3.05) is 0 Å². The molecule has 16 heavy (non-hydrogen) atoms. The predicted molar refractivity (Wildman–Crippen MR) is 43.5 cm³/mol. The maximum Gasteiger partial charge on any atom is 0.461 e. The Labute approximate surface area is 86.6 Å². The van der Waals surface area contributed by atoms with Gasteiger partial charge < -0.3 is 4.74 Å². The molecule has 0 fully saturated rings. The molecule has 0 N–H and O–H groups in total. The van der Waals surface area contributed by atoms with Crippen molar-refractivity contribution in [3.8, 4) is 5.75 Å². The summed E-state index contributed by atoms with van der Waals surface area (Å²) in [7, 11) is 0. The topological polar surface area (TPSA) is 52.4 Å². The Hall–Kier alpha value is -1.86. The van der Waals surface area contributed by atoms with E-state index in [1.165, 1.54) is 0 Å². The zero-order chi connectivity index (χ0) is 12.3. The molecule has 0 aromatic heterocycles. The second-order valence-corrected chi connectivity index (χ2v) is 2.63. The highest BCUT2D eigenvalue weighted by Gasteiger charge is 2.44. The average molecular weight is 238 g/mol. The number of nitro benzene ring substituents is 1. The number of nitrogens with zero attached hydrogens (tertiary/aromatic N) is 1. The lowest BCUT2D eigenvalue weighted by molar-refractivity contribution is -0.385. The van der Waals surface area contributed by atoms with Gasteiger partial charge in [-0.15, -0.1) is 0 Å². The van der Waals surface area contributed by atoms with Crippen LogP contribution in [0.4, 0.5) is 23.2 Å². The number of non-ortho nitro benzene ring substituents is 1. The second kappa shape index (κ2) is 4.33. The predicted octanol–water partition coefficient (Wildman–Crippen LogP) is 2.63. The molecule has 0 amide bonds. The van der Waals surface area contributed by atoms with Crippen LogP contribution in [0.2, 0.25) is 0 Å². The molecule has 1 rings (SSSR count). The number of rotatable bonds is 4.